The van der Waals surface area contributed by atoms with Crippen LogP contribution in [0.3, 0.4) is 0 Å². The van der Waals surface area contributed by atoms with E-state index in [1.807, 2.05) is 0 Å². The highest BCUT2D eigenvalue weighted by Gasteiger charge is 2.13. The van der Waals surface area contributed by atoms with E-state index in [1.54, 1.807) is 29.6 Å². The summed E-state index contributed by atoms with van der Waals surface area (Å²) >= 11 is 0. The molecule has 0 radical (unpaired) electrons. The zero-order valence-electron chi connectivity index (χ0n) is 11.9. The molecular formula is C15H15N2O5+. The molecule has 1 heterocycles. The van der Waals surface area contributed by atoms with Gasteiger partial charge in [0.1, 0.15) is 0 Å². The van der Waals surface area contributed by atoms with Gasteiger partial charge in [-0.25, -0.2) is 0 Å². The van der Waals surface area contributed by atoms with E-state index < -0.39 is 11.5 Å². The van der Waals surface area contributed by atoms with Gasteiger partial charge in [-0.15, -0.1) is 0 Å². The number of rotatable bonds is 6. The van der Waals surface area contributed by atoms with Crippen LogP contribution in [0, 0.1) is 4.91 Å². The molecule has 7 heteroatoms. The Morgan fingerprint density at radius 1 is 1.32 bits per heavy atom. The van der Waals surface area contributed by atoms with E-state index in [0.717, 1.165) is 0 Å². The van der Waals surface area contributed by atoms with Crippen LogP contribution >= 0.6 is 0 Å². The van der Waals surface area contributed by atoms with Crippen molar-refractivity contribution in [3.8, 4) is 5.69 Å². The second-order valence-electron chi connectivity index (χ2n) is 4.66. The highest BCUT2D eigenvalue weighted by molar-refractivity contribution is 5.70. The lowest BCUT2D eigenvalue weighted by Gasteiger charge is -2.12. The van der Waals surface area contributed by atoms with Crippen molar-refractivity contribution >= 4 is 11.7 Å². The van der Waals surface area contributed by atoms with Crippen LogP contribution in [-0.4, -0.2) is 22.8 Å². The predicted molar refractivity (Wildman–Crippen MR) is 78.1 cm³/mol. The molecule has 0 saturated carbocycles. The number of pyridine rings is 1. The molecule has 0 spiro atoms. The lowest BCUT2D eigenvalue weighted by Crippen LogP contribution is -2.55. The zero-order chi connectivity index (χ0) is 16.1. The first-order valence-electron chi connectivity index (χ1n) is 6.49. The third-order valence-electron chi connectivity index (χ3n) is 3.12. The number of nitrogens with zero attached hydrogens (tertiary/aromatic N) is 1. The Hall–Kier alpha value is -2.80. The van der Waals surface area contributed by atoms with Crippen LogP contribution in [0.2, 0.25) is 0 Å². The fraction of sp³-hybridized carbons (Fsp3) is 0.200. The number of benzene rings is 1. The maximum atomic E-state index is 12.4. The SMILES string of the molecule is COCc1cc([NH+]=O)ccc1-n1cccc(CC(=O)O)c1=O. The lowest BCUT2D eigenvalue weighted by atomic mass is 10.1. The third-order valence-corrected chi connectivity index (χ3v) is 3.12. The number of methoxy groups -OCH3 is 1. The summed E-state index contributed by atoms with van der Waals surface area (Å²) in [5.74, 6) is -1.07. The monoisotopic (exact) mass is 303 g/mol. The van der Waals surface area contributed by atoms with Crippen molar-refractivity contribution in [2.75, 3.05) is 7.11 Å². The molecule has 2 N–H and O–H groups in total. The van der Waals surface area contributed by atoms with E-state index in [9.17, 15) is 14.5 Å². The number of aliphatic carboxylic acids is 1. The van der Waals surface area contributed by atoms with Gasteiger partial charge in [-0.2, -0.15) is 0 Å². The summed E-state index contributed by atoms with van der Waals surface area (Å²) in [5.41, 5.74) is 1.30. The minimum absolute atomic E-state index is 0.185. The third kappa shape index (κ3) is 3.26. The molecule has 0 unspecified atom stereocenters. The number of carboxylic acids is 1. The fourth-order valence-electron chi connectivity index (χ4n) is 2.18. The van der Waals surface area contributed by atoms with Crippen molar-refractivity contribution in [3.63, 3.8) is 0 Å². The molecule has 2 rings (SSSR count). The second-order valence-corrected chi connectivity index (χ2v) is 4.66. The molecule has 7 nitrogen and oxygen atoms in total. The first-order chi connectivity index (χ1) is 10.6. The molecule has 0 fully saturated rings. The number of nitrogens with one attached hydrogen (secondary N) is 1. The lowest BCUT2D eigenvalue weighted by molar-refractivity contribution is -0.379. The second kappa shape index (κ2) is 6.77. The van der Waals surface area contributed by atoms with E-state index in [4.69, 9.17) is 9.84 Å². The number of aromatic nitrogens is 1. The number of hydrogen-bond acceptors (Lipinski definition) is 4. The molecule has 1 aromatic carbocycles. The Kier molecular flexibility index (Phi) is 4.80. The molecule has 0 atom stereocenters. The first-order valence-corrected chi connectivity index (χ1v) is 6.49. The van der Waals surface area contributed by atoms with Gasteiger partial charge in [0.25, 0.3) is 11.2 Å². The zero-order valence-corrected chi connectivity index (χ0v) is 11.9. The summed E-state index contributed by atoms with van der Waals surface area (Å²) in [6.45, 7) is 0.209. The molecular weight excluding hydrogens is 288 g/mol. The van der Waals surface area contributed by atoms with Crippen molar-refractivity contribution in [1.82, 2.24) is 4.57 Å². The molecule has 0 aliphatic carbocycles. The van der Waals surface area contributed by atoms with Crippen LogP contribution in [0.5, 0.6) is 0 Å². The molecule has 1 aromatic heterocycles. The van der Waals surface area contributed by atoms with Crippen molar-refractivity contribution in [1.29, 1.82) is 0 Å². The highest BCUT2D eigenvalue weighted by Crippen LogP contribution is 2.17. The number of ether oxygens (including phenoxy) is 1. The van der Waals surface area contributed by atoms with Crippen LogP contribution in [0.1, 0.15) is 11.1 Å². The summed E-state index contributed by atoms with van der Waals surface area (Å²) < 4.78 is 6.43. The Morgan fingerprint density at radius 3 is 2.73 bits per heavy atom. The smallest absolute Gasteiger partial charge is 0.308 e. The van der Waals surface area contributed by atoms with Gasteiger partial charge in [0.15, 0.2) is 0 Å². The molecule has 114 valence electrons. The van der Waals surface area contributed by atoms with Crippen molar-refractivity contribution in [2.45, 2.75) is 13.0 Å². The van der Waals surface area contributed by atoms with Gasteiger partial charge in [0.05, 0.1) is 18.7 Å². The quantitative estimate of drug-likeness (QED) is 0.788. The fourth-order valence-corrected chi connectivity index (χ4v) is 2.18. The first kappa shape index (κ1) is 15.6. The summed E-state index contributed by atoms with van der Waals surface area (Å²) in [7, 11) is 1.50. The number of hydrogen-bond donors (Lipinski definition) is 2. The van der Waals surface area contributed by atoms with E-state index in [-0.39, 0.29) is 18.6 Å². The van der Waals surface area contributed by atoms with Crippen LogP contribution < -0.4 is 10.7 Å². The van der Waals surface area contributed by atoms with Gasteiger partial charge in [-0.05, 0) is 12.1 Å². The van der Waals surface area contributed by atoms with Crippen LogP contribution in [0.4, 0.5) is 5.69 Å². The molecule has 0 aliphatic heterocycles. The Bertz CT molecular complexity index is 767. The molecule has 0 aliphatic rings. The summed E-state index contributed by atoms with van der Waals surface area (Å²) in [6.07, 6.45) is 1.20. The Labute approximate surface area is 125 Å². The average molecular weight is 303 g/mol. The van der Waals surface area contributed by atoms with Crippen molar-refractivity contribution < 1.29 is 19.8 Å². The summed E-state index contributed by atoms with van der Waals surface area (Å²) in [4.78, 5) is 34.0. The van der Waals surface area contributed by atoms with Crippen LogP contribution in [0.15, 0.2) is 41.3 Å². The number of nitroso groups, excluding NO2 is 1. The van der Waals surface area contributed by atoms with Crippen LogP contribution in [0.25, 0.3) is 5.69 Å². The van der Waals surface area contributed by atoms with Crippen molar-refractivity contribution in [2.24, 2.45) is 0 Å². The molecule has 0 saturated heterocycles. The Morgan fingerprint density at radius 2 is 2.09 bits per heavy atom. The van der Waals surface area contributed by atoms with E-state index in [1.165, 1.54) is 23.8 Å². The predicted octanol–water partition coefficient (Wildman–Crippen LogP) is 0.0895. The maximum absolute atomic E-state index is 12.4. The maximum Gasteiger partial charge on any atom is 0.308 e. The molecule has 0 amide bonds. The van der Waals surface area contributed by atoms with Crippen molar-refractivity contribution in [3.05, 3.63) is 62.9 Å². The Balaban J connectivity index is 2.58. The van der Waals surface area contributed by atoms with Gasteiger partial charge >= 0.3 is 5.97 Å². The number of carboxylic acid groups (broad SMARTS) is 1. The largest absolute Gasteiger partial charge is 0.481 e. The normalized spacial score (nSPS) is 10.4. The molecule has 2 aromatic rings. The summed E-state index contributed by atoms with van der Waals surface area (Å²) in [5, 5.41) is 10.6. The minimum Gasteiger partial charge on any atom is -0.481 e. The standard InChI is InChI=1S/C15H14N2O5/c1-22-9-11-7-12(16-21)4-5-13(11)17-6-2-3-10(15(17)20)8-14(18)19/h2-7H,8-9H2,1H3,(H,18,19)/p+1. The molecule has 0 bridgehead atoms. The average Bonchev–Trinajstić information content (AvgIpc) is 2.49. The summed E-state index contributed by atoms with van der Waals surface area (Å²) in [6, 6.07) is 7.83. The van der Waals surface area contributed by atoms with E-state index in [0.29, 0.717) is 16.9 Å². The van der Waals surface area contributed by atoms with Crippen LogP contribution in [-0.2, 0) is 22.6 Å². The topological polar surface area (TPSA) is 99.6 Å². The molecule has 22 heavy (non-hydrogen) atoms. The highest BCUT2D eigenvalue weighted by atomic mass is 16.5. The van der Waals surface area contributed by atoms with Gasteiger partial charge in [-0.1, -0.05) is 6.07 Å². The van der Waals surface area contributed by atoms with E-state index >= 15 is 0 Å². The number of carbonyl (C=O) groups is 1. The van der Waals surface area contributed by atoms with E-state index in [2.05, 4.69) is 0 Å². The van der Waals surface area contributed by atoms with Gasteiger partial charge < -0.3 is 9.84 Å². The van der Waals surface area contributed by atoms with Gasteiger partial charge in [-0.3, -0.25) is 14.2 Å². The van der Waals surface area contributed by atoms with Gasteiger partial charge in [0.2, 0.25) is 0 Å². The minimum atomic E-state index is -1.07. The van der Waals surface area contributed by atoms with Gasteiger partial charge in [0, 0.05) is 46.7 Å².